The topological polar surface area (TPSA) is 50.4 Å². The van der Waals surface area contributed by atoms with Gasteiger partial charge in [0.1, 0.15) is 11.5 Å². The lowest BCUT2D eigenvalue weighted by Gasteiger charge is -2.00. The number of aromatic nitrogens is 1. The molecular formula is C19H14ClN3OS. The predicted molar refractivity (Wildman–Crippen MR) is 105 cm³/mol. The number of para-hydroxylation sites is 1. The van der Waals surface area contributed by atoms with Crippen molar-refractivity contribution in [2.45, 2.75) is 6.92 Å². The molecule has 0 aliphatic rings. The van der Waals surface area contributed by atoms with Crippen molar-refractivity contribution in [1.29, 1.82) is 0 Å². The normalized spacial score (nSPS) is 11.4. The summed E-state index contributed by atoms with van der Waals surface area (Å²) in [6, 6.07) is 17.6. The number of rotatable bonds is 4. The molecule has 2 heterocycles. The molecule has 0 fully saturated rings. The second kappa shape index (κ2) is 6.70. The van der Waals surface area contributed by atoms with Gasteiger partial charge < -0.3 is 4.42 Å². The van der Waals surface area contributed by atoms with Crippen LogP contribution in [0.3, 0.4) is 0 Å². The summed E-state index contributed by atoms with van der Waals surface area (Å²) in [5.41, 5.74) is 5.88. The van der Waals surface area contributed by atoms with Crippen LogP contribution in [-0.4, -0.2) is 11.2 Å². The Labute approximate surface area is 153 Å². The molecule has 0 saturated heterocycles. The summed E-state index contributed by atoms with van der Waals surface area (Å²) in [6.45, 7) is 1.97. The van der Waals surface area contributed by atoms with E-state index < -0.39 is 0 Å². The van der Waals surface area contributed by atoms with Crippen molar-refractivity contribution in [3.63, 3.8) is 0 Å². The predicted octanol–water partition coefficient (Wildman–Crippen LogP) is 5.96. The van der Waals surface area contributed by atoms with Crippen LogP contribution in [0.5, 0.6) is 0 Å². The summed E-state index contributed by atoms with van der Waals surface area (Å²) in [6.07, 6.45) is 1.63. The molecule has 4 nitrogen and oxygen atoms in total. The van der Waals surface area contributed by atoms with Gasteiger partial charge in [-0.1, -0.05) is 47.2 Å². The number of thiazole rings is 1. The van der Waals surface area contributed by atoms with Gasteiger partial charge in [-0.2, -0.15) is 5.10 Å². The maximum absolute atomic E-state index is 6.17. The lowest BCUT2D eigenvalue weighted by atomic mass is 10.1. The number of aryl methyl sites for hydroxylation is 1. The smallest absolute Gasteiger partial charge is 0.204 e. The zero-order chi connectivity index (χ0) is 17.2. The highest BCUT2D eigenvalue weighted by Crippen LogP contribution is 2.27. The van der Waals surface area contributed by atoms with Gasteiger partial charge in [-0.3, -0.25) is 5.43 Å². The Morgan fingerprint density at radius 3 is 2.88 bits per heavy atom. The van der Waals surface area contributed by atoms with E-state index in [-0.39, 0.29) is 0 Å². The monoisotopic (exact) mass is 367 g/mol. The average Bonchev–Trinajstić information content (AvgIpc) is 3.24. The van der Waals surface area contributed by atoms with Gasteiger partial charge >= 0.3 is 0 Å². The third-order valence-corrected chi connectivity index (χ3v) is 5.08. The van der Waals surface area contributed by atoms with Crippen LogP contribution in [0, 0.1) is 6.92 Å². The Balaban J connectivity index is 1.48. The lowest BCUT2D eigenvalue weighted by Crippen LogP contribution is -1.88. The van der Waals surface area contributed by atoms with Gasteiger partial charge in [0.2, 0.25) is 5.13 Å². The molecule has 0 aliphatic heterocycles. The highest BCUT2D eigenvalue weighted by molar-refractivity contribution is 7.22. The number of nitrogens with one attached hydrogen (secondary N) is 1. The van der Waals surface area contributed by atoms with E-state index in [9.17, 15) is 0 Å². The first-order valence-corrected chi connectivity index (χ1v) is 8.89. The lowest BCUT2D eigenvalue weighted by molar-refractivity contribution is 0.575. The number of nitrogens with zero attached hydrogens (tertiary/aromatic N) is 2. The molecule has 2 aromatic heterocycles. The van der Waals surface area contributed by atoms with Crippen molar-refractivity contribution in [1.82, 2.24) is 4.98 Å². The maximum atomic E-state index is 6.17. The average molecular weight is 368 g/mol. The summed E-state index contributed by atoms with van der Waals surface area (Å²) in [5, 5.41) is 5.67. The third-order valence-electron chi connectivity index (χ3n) is 3.73. The van der Waals surface area contributed by atoms with Crippen LogP contribution >= 0.6 is 22.9 Å². The van der Waals surface area contributed by atoms with Crippen molar-refractivity contribution in [2.75, 3.05) is 5.43 Å². The highest BCUT2D eigenvalue weighted by atomic mass is 35.5. The summed E-state index contributed by atoms with van der Waals surface area (Å²) < 4.78 is 6.92. The number of benzene rings is 2. The van der Waals surface area contributed by atoms with E-state index in [1.54, 1.807) is 17.6 Å². The number of hydrogen-bond donors (Lipinski definition) is 1. The van der Waals surface area contributed by atoms with Gasteiger partial charge in [-0.15, -0.1) is 0 Å². The van der Waals surface area contributed by atoms with E-state index in [1.807, 2.05) is 61.5 Å². The third kappa shape index (κ3) is 3.43. The molecular weight excluding hydrogens is 354 g/mol. The maximum Gasteiger partial charge on any atom is 0.204 e. The van der Waals surface area contributed by atoms with Gasteiger partial charge in [0.15, 0.2) is 0 Å². The first kappa shape index (κ1) is 15.9. The fourth-order valence-electron chi connectivity index (χ4n) is 2.39. The van der Waals surface area contributed by atoms with E-state index in [0.29, 0.717) is 5.76 Å². The van der Waals surface area contributed by atoms with Crippen molar-refractivity contribution < 1.29 is 4.42 Å². The van der Waals surface area contributed by atoms with Crippen molar-refractivity contribution in [2.24, 2.45) is 5.10 Å². The molecule has 0 bridgehead atoms. The van der Waals surface area contributed by atoms with E-state index in [2.05, 4.69) is 15.5 Å². The number of anilines is 1. The van der Waals surface area contributed by atoms with Crippen molar-refractivity contribution in [3.8, 4) is 11.3 Å². The Morgan fingerprint density at radius 1 is 1.16 bits per heavy atom. The summed E-state index contributed by atoms with van der Waals surface area (Å²) in [4.78, 5) is 4.46. The molecule has 2 aromatic carbocycles. The van der Waals surface area contributed by atoms with Crippen LogP contribution in [0.1, 0.15) is 11.3 Å². The van der Waals surface area contributed by atoms with Crippen LogP contribution in [0.4, 0.5) is 5.13 Å². The van der Waals surface area contributed by atoms with Crippen LogP contribution in [0.2, 0.25) is 5.02 Å². The zero-order valence-corrected chi connectivity index (χ0v) is 14.9. The minimum Gasteiger partial charge on any atom is -0.455 e. The molecule has 0 spiro atoms. The molecule has 0 atom stereocenters. The van der Waals surface area contributed by atoms with Crippen molar-refractivity contribution >= 4 is 44.5 Å². The van der Waals surface area contributed by atoms with E-state index in [0.717, 1.165) is 37.3 Å². The molecule has 124 valence electrons. The second-order valence-corrected chi connectivity index (χ2v) is 6.96. The standard InChI is InChI=1S/C19H14ClN3OS/c1-12-6-7-13(10-15(12)20)17-9-8-14(24-17)11-21-23-19-22-16-4-2-3-5-18(16)25-19/h2-11H,1H3,(H,22,23)/b21-11-. The van der Waals surface area contributed by atoms with Crippen LogP contribution in [0.25, 0.3) is 21.5 Å². The molecule has 0 amide bonds. The molecule has 0 saturated carbocycles. The fraction of sp³-hybridized carbons (Fsp3) is 0.0526. The number of hydrogen-bond acceptors (Lipinski definition) is 5. The molecule has 0 unspecified atom stereocenters. The number of furan rings is 1. The van der Waals surface area contributed by atoms with Gasteiger partial charge in [-0.25, -0.2) is 4.98 Å². The van der Waals surface area contributed by atoms with Gasteiger partial charge in [0, 0.05) is 10.6 Å². The molecule has 0 aliphatic carbocycles. The number of hydrazone groups is 1. The van der Waals surface area contributed by atoms with Crippen molar-refractivity contribution in [3.05, 3.63) is 70.9 Å². The quantitative estimate of drug-likeness (QED) is 0.357. The highest BCUT2D eigenvalue weighted by Gasteiger charge is 2.06. The fourth-order valence-corrected chi connectivity index (χ4v) is 3.39. The van der Waals surface area contributed by atoms with Crippen LogP contribution in [-0.2, 0) is 0 Å². The molecule has 4 aromatic rings. The second-order valence-electron chi connectivity index (χ2n) is 5.52. The number of halogens is 1. The Kier molecular flexibility index (Phi) is 4.26. The Morgan fingerprint density at radius 2 is 2.04 bits per heavy atom. The van der Waals surface area contributed by atoms with E-state index in [4.69, 9.17) is 16.0 Å². The first-order chi connectivity index (χ1) is 12.2. The van der Waals surface area contributed by atoms with E-state index >= 15 is 0 Å². The minimum absolute atomic E-state index is 0.653. The summed E-state index contributed by atoms with van der Waals surface area (Å²) in [5.74, 6) is 1.41. The summed E-state index contributed by atoms with van der Waals surface area (Å²) >= 11 is 7.73. The molecule has 6 heteroatoms. The van der Waals surface area contributed by atoms with Crippen LogP contribution < -0.4 is 5.43 Å². The van der Waals surface area contributed by atoms with Gasteiger partial charge in [-0.05, 0) is 42.8 Å². The Bertz CT molecular complexity index is 1030. The Hall–Kier alpha value is -2.63. The summed E-state index contributed by atoms with van der Waals surface area (Å²) in [7, 11) is 0. The molecule has 4 rings (SSSR count). The molecule has 1 N–H and O–H groups in total. The van der Waals surface area contributed by atoms with Gasteiger partial charge in [0.25, 0.3) is 0 Å². The largest absolute Gasteiger partial charge is 0.455 e. The zero-order valence-electron chi connectivity index (χ0n) is 13.4. The SMILES string of the molecule is Cc1ccc(-c2ccc(/C=N\Nc3nc4ccccc4s3)o2)cc1Cl. The first-order valence-electron chi connectivity index (χ1n) is 7.70. The molecule has 25 heavy (non-hydrogen) atoms. The minimum atomic E-state index is 0.653. The van der Waals surface area contributed by atoms with Crippen LogP contribution in [0.15, 0.2) is 64.1 Å². The van der Waals surface area contributed by atoms with Gasteiger partial charge in [0.05, 0.1) is 16.4 Å². The van der Waals surface area contributed by atoms with E-state index in [1.165, 1.54) is 0 Å². The number of fused-ring (bicyclic) bond motifs is 1. The molecule has 0 radical (unpaired) electrons.